The summed E-state index contributed by atoms with van der Waals surface area (Å²) in [6.07, 6.45) is 4.88. The number of hydrogen-bond donors (Lipinski definition) is 0. The number of hydrogen-bond acceptors (Lipinski definition) is 7. The average molecular weight is 364 g/mol. The zero-order valence-electron chi connectivity index (χ0n) is 15.3. The van der Waals surface area contributed by atoms with Crippen LogP contribution in [0, 0.1) is 19.8 Å². The summed E-state index contributed by atoms with van der Waals surface area (Å²) in [5.74, 6) is 1.04. The molecule has 138 valence electrons. The van der Waals surface area contributed by atoms with E-state index < -0.39 is 0 Å². The van der Waals surface area contributed by atoms with E-state index in [1.165, 1.54) is 0 Å². The molecule has 0 aromatic carbocycles. The van der Waals surface area contributed by atoms with Gasteiger partial charge in [-0.1, -0.05) is 5.16 Å². The second-order valence-corrected chi connectivity index (χ2v) is 6.81. The van der Waals surface area contributed by atoms with Crippen molar-refractivity contribution in [3.63, 3.8) is 0 Å². The van der Waals surface area contributed by atoms with Crippen molar-refractivity contribution >= 4 is 5.91 Å². The molecular formula is C19H20N6O2. The van der Waals surface area contributed by atoms with Gasteiger partial charge in [-0.2, -0.15) is 5.10 Å². The van der Waals surface area contributed by atoms with Crippen LogP contribution in [0.2, 0.25) is 0 Å². The Balaban J connectivity index is 1.45. The fourth-order valence-corrected chi connectivity index (χ4v) is 3.55. The molecule has 1 saturated heterocycles. The topological polar surface area (TPSA) is 97.9 Å². The third-order valence-electron chi connectivity index (χ3n) is 4.88. The molecule has 27 heavy (non-hydrogen) atoms. The molecule has 1 atom stereocenters. The van der Waals surface area contributed by atoms with E-state index in [4.69, 9.17) is 4.52 Å². The molecule has 0 aliphatic carbocycles. The predicted octanol–water partition coefficient (Wildman–Crippen LogP) is 2.24. The molecule has 4 heterocycles. The second kappa shape index (κ2) is 7.22. The number of carbonyl (C=O) groups is 1. The highest BCUT2D eigenvalue weighted by atomic mass is 16.5. The van der Waals surface area contributed by atoms with Gasteiger partial charge in [-0.15, -0.1) is 5.10 Å². The SMILES string of the molecule is Cc1noc(C)c1-c1cc(C[C@H]2CCN(C(=O)c3cccnn3)C2)ncn1. The highest BCUT2D eigenvalue weighted by Gasteiger charge is 2.28. The Hall–Kier alpha value is -3.16. The lowest BCUT2D eigenvalue weighted by molar-refractivity contribution is 0.0780. The van der Waals surface area contributed by atoms with Crippen LogP contribution in [0.25, 0.3) is 11.3 Å². The number of amides is 1. The standard InChI is InChI=1S/C19H20N6O2/c1-12-18(13(2)27-24-12)17-9-15(20-11-21-17)8-14-5-7-25(10-14)19(26)16-4-3-6-22-23-16/h3-4,6,9,11,14H,5,7-8,10H2,1-2H3/t14-/m1/s1. The van der Waals surface area contributed by atoms with Gasteiger partial charge in [0.25, 0.3) is 5.91 Å². The Labute approximate surface area is 156 Å². The minimum Gasteiger partial charge on any atom is -0.361 e. The lowest BCUT2D eigenvalue weighted by Crippen LogP contribution is -2.29. The summed E-state index contributed by atoms with van der Waals surface area (Å²) < 4.78 is 5.24. The third kappa shape index (κ3) is 3.55. The van der Waals surface area contributed by atoms with E-state index >= 15 is 0 Å². The van der Waals surface area contributed by atoms with Crippen molar-refractivity contribution in [1.29, 1.82) is 0 Å². The van der Waals surface area contributed by atoms with Crippen LogP contribution >= 0.6 is 0 Å². The van der Waals surface area contributed by atoms with Crippen LogP contribution in [0.4, 0.5) is 0 Å². The Bertz CT molecular complexity index is 936. The van der Waals surface area contributed by atoms with Crippen LogP contribution < -0.4 is 0 Å². The van der Waals surface area contributed by atoms with E-state index in [9.17, 15) is 4.79 Å². The van der Waals surface area contributed by atoms with Crippen molar-refractivity contribution in [1.82, 2.24) is 30.2 Å². The molecule has 0 bridgehead atoms. The summed E-state index contributed by atoms with van der Waals surface area (Å²) in [6, 6.07) is 5.41. The van der Waals surface area contributed by atoms with Gasteiger partial charge in [-0.05, 0) is 50.8 Å². The molecule has 0 saturated carbocycles. The Morgan fingerprint density at radius 1 is 1.33 bits per heavy atom. The number of rotatable bonds is 4. The summed E-state index contributed by atoms with van der Waals surface area (Å²) in [5.41, 5.74) is 3.91. The first-order chi connectivity index (χ1) is 13.1. The van der Waals surface area contributed by atoms with Gasteiger partial charge in [-0.3, -0.25) is 4.79 Å². The molecule has 1 aliphatic rings. The quantitative estimate of drug-likeness (QED) is 0.700. The summed E-state index contributed by atoms with van der Waals surface area (Å²) in [6.45, 7) is 5.20. The van der Waals surface area contributed by atoms with Gasteiger partial charge in [-0.25, -0.2) is 9.97 Å². The minimum absolute atomic E-state index is 0.0651. The maximum atomic E-state index is 12.5. The molecule has 0 spiro atoms. The zero-order valence-corrected chi connectivity index (χ0v) is 15.3. The fourth-order valence-electron chi connectivity index (χ4n) is 3.55. The first kappa shape index (κ1) is 17.3. The van der Waals surface area contributed by atoms with Gasteiger partial charge in [0, 0.05) is 25.0 Å². The number of likely N-dealkylation sites (tertiary alicyclic amines) is 1. The average Bonchev–Trinajstić information content (AvgIpc) is 3.28. The van der Waals surface area contributed by atoms with Crippen molar-refractivity contribution in [2.75, 3.05) is 13.1 Å². The van der Waals surface area contributed by atoms with Gasteiger partial charge in [0.1, 0.15) is 12.1 Å². The van der Waals surface area contributed by atoms with Crippen LogP contribution in [0.3, 0.4) is 0 Å². The number of nitrogens with zero attached hydrogens (tertiary/aromatic N) is 6. The van der Waals surface area contributed by atoms with Crippen LogP contribution in [0.1, 0.15) is 34.1 Å². The predicted molar refractivity (Wildman–Crippen MR) is 96.7 cm³/mol. The molecule has 3 aromatic heterocycles. The molecule has 4 rings (SSSR count). The lowest BCUT2D eigenvalue weighted by atomic mass is 10.0. The number of aromatic nitrogens is 5. The monoisotopic (exact) mass is 364 g/mol. The first-order valence-electron chi connectivity index (χ1n) is 8.93. The van der Waals surface area contributed by atoms with E-state index in [0.717, 1.165) is 47.8 Å². The van der Waals surface area contributed by atoms with Crippen LogP contribution in [0.5, 0.6) is 0 Å². The normalized spacial score (nSPS) is 16.7. The summed E-state index contributed by atoms with van der Waals surface area (Å²) in [4.78, 5) is 23.1. The number of aryl methyl sites for hydroxylation is 2. The van der Waals surface area contributed by atoms with E-state index in [0.29, 0.717) is 18.2 Å². The van der Waals surface area contributed by atoms with E-state index in [1.807, 2.05) is 24.8 Å². The van der Waals surface area contributed by atoms with Crippen molar-refractivity contribution in [2.45, 2.75) is 26.7 Å². The van der Waals surface area contributed by atoms with Gasteiger partial charge in [0.2, 0.25) is 0 Å². The maximum Gasteiger partial charge on any atom is 0.274 e. The van der Waals surface area contributed by atoms with Crippen molar-refractivity contribution in [2.24, 2.45) is 5.92 Å². The molecule has 1 fully saturated rings. The highest BCUT2D eigenvalue weighted by Crippen LogP contribution is 2.27. The molecule has 0 unspecified atom stereocenters. The Morgan fingerprint density at radius 3 is 2.96 bits per heavy atom. The molecule has 8 nitrogen and oxygen atoms in total. The van der Waals surface area contributed by atoms with E-state index in [-0.39, 0.29) is 5.91 Å². The maximum absolute atomic E-state index is 12.5. The van der Waals surface area contributed by atoms with Crippen LogP contribution in [-0.2, 0) is 6.42 Å². The van der Waals surface area contributed by atoms with E-state index in [2.05, 4.69) is 25.3 Å². The molecule has 0 N–H and O–H groups in total. The molecular weight excluding hydrogens is 344 g/mol. The fraction of sp³-hybridized carbons (Fsp3) is 0.368. The highest BCUT2D eigenvalue weighted by molar-refractivity contribution is 5.92. The largest absolute Gasteiger partial charge is 0.361 e. The second-order valence-electron chi connectivity index (χ2n) is 6.81. The molecule has 8 heteroatoms. The Kier molecular flexibility index (Phi) is 4.62. The van der Waals surface area contributed by atoms with Gasteiger partial charge in [0.05, 0.1) is 17.0 Å². The van der Waals surface area contributed by atoms with Crippen molar-refractivity contribution < 1.29 is 9.32 Å². The molecule has 1 amide bonds. The molecule has 1 aliphatic heterocycles. The van der Waals surface area contributed by atoms with Gasteiger partial charge >= 0.3 is 0 Å². The minimum atomic E-state index is -0.0651. The van der Waals surface area contributed by atoms with Gasteiger partial charge in [0.15, 0.2) is 5.69 Å². The zero-order chi connectivity index (χ0) is 18.8. The summed E-state index contributed by atoms with van der Waals surface area (Å²) in [7, 11) is 0. The third-order valence-corrected chi connectivity index (χ3v) is 4.88. The molecule has 3 aromatic rings. The summed E-state index contributed by atoms with van der Waals surface area (Å²) in [5, 5.41) is 11.7. The summed E-state index contributed by atoms with van der Waals surface area (Å²) >= 11 is 0. The van der Waals surface area contributed by atoms with Gasteiger partial charge < -0.3 is 9.42 Å². The van der Waals surface area contributed by atoms with Crippen LogP contribution in [0.15, 0.2) is 35.2 Å². The van der Waals surface area contributed by atoms with Crippen molar-refractivity contribution in [3.05, 3.63) is 53.6 Å². The van der Waals surface area contributed by atoms with Crippen LogP contribution in [-0.4, -0.2) is 49.2 Å². The lowest BCUT2D eigenvalue weighted by Gasteiger charge is -2.15. The Morgan fingerprint density at radius 2 is 2.22 bits per heavy atom. The number of carbonyl (C=O) groups excluding carboxylic acids is 1. The van der Waals surface area contributed by atoms with E-state index in [1.54, 1.807) is 24.7 Å². The smallest absolute Gasteiger partial charge is 0.274 e. The van der Waals surface area contributed by atoms with Crippen molar-refractivity contribution in [3.8, 4) is 11.3 Å². The first-order valence-corrected chi connectivity index (χ1v) is 8.93. The molecule has 0 radical (unpaired) electrons.